The molecule has 0 fully saturated rings. The van der Waals surface area contributed by atoms with Crippen LogP contribution in [0.2, 0.25) is 0 Å². The summed E-state index contributed by atoms with van der Waals surface area (Å²) in [4.78, 5) is 0. The predicted molar refractivity (Wildman–Crippen MR) is 180 cm³/mol. The first-order valence-corrected chi connectivity index (χ1v) is 17.3. The lowest BCUT2D eigenvalue weighted by molar-refractivity contribution is -0.530. The van der Waals surface area contributed by atoms with E-state index in [9.17, 15) is 64.3 Å². The van der Waals surface area contributed by atoms with E-state index >= 15 is 0 Å². The maximum Gasteiger partial charge on any atom is 0.453 e. The van der Waals surface area contributed by atoms with Crippen molar-refractivity contribution < 1.29 is 97.5 Å². The highest BCUT2D eigenvalue weighted by atomic mass is 19.3. The first kappa shape index (κ1) is 48.6. The molecule has 11 nitrogen and oxygen atoms in total. The molecule has 0 heterocycles. The van der Waals surface area contributed by atoms with E-state index in [1.807, 2.05) is 31.2 Å². The largest absolute Gasteiger partial charge is 0.508 e. The monoisotopic (exact) mass is 852 g/mol. The van der Waals surface area contributed by atoms with Crippen LogP contribution in [0.5, 0.6) is 11.5 Å². The third-order valence-corrected chi connectivity index (χ3v) is 7.64. The summed E-state index contributed by atoms with van der Waals surface area (Å²) < 4.78 is 170. The van der Waals surface area contributed by atoms with Crippen LogP contribution in [-0.4, -0.2) is 95.9 Å². The lowest BCUT2D eigenvalue weighted by Gasteiger charge is -2.33. The van der Waals surface area contributed by atoms with Crippen LogP contribution in [0, 0.1) is 6.92 Å². The molecule has 0 aliphatic heterocycles. The number of halogens is 10. The number of aromatic hydroxyl groups is 1. The Morgan fingerprint density at radius 2 is 1.03 bits per heavy atom. The van der Waals surface area contributed by atoms with Crippen LogP contribution >= 0.6 is 0 Å². The molecule has 0 spiro atoms. The molecule has 0 saturated carbocycles. The van der Waals surface area contributed by atoms with Gasteiger partial charge in [-0.15, -0.1) is 0 Å². The van der Waals surface area contributed by atoms with Crippen molar-refractivity contribution in [3.8, 4) is 11.5 Å². The van der Waals surface area contributed by atoms with E-state index in [2.05, 4.69) is 18.9 Å². The highest BCUT2D eigenvalue weighted by Gasteiger charge is 2.72. The molecule has 3 atom stereocenters. The molecule has 3 aromatic rings. The van der Waals surface area contributed by atoms with Gasteiger partial charge in [0.25, 0.3) is 0 Å². The van der Waals surface area contributed by atoms with Crippen LogP contribution in [0.1, 0.15) is 41.5 Å². The quantitative estimate of drug-likeness (QED) is 0.0455. The third-order valence-electron chi connectivity index (χ3n) is 7.64. The lowest BCUT2D eigenvalue weighted by atomic mass is 10.1. The number of aliphatic hydroxyl groups is 3. The fraction of sp³-hybridized carbons (Fsp3) is 0.514. The molecule has 326 valence electrons. The van der Waals surface area contributed by atoms with E-state index in [0.717, 1.165) is 11.1 Å². The van der Waals surface area contributed by atoms with Crippen molar-refractivity contribution in [3.63, 3.8) is 0 Å². The second-order valence-corrected chi connectivity index (χ2v) is 12.8. The molecule has 0 bridgehead atoms. The van der Waals surface area contributed by atoms with Gasteiger partial charge in [0.15, 0.2) is 12.6 Å². The van der Waals surface area contributed by atoms with Gasteiger partial charge >= 0.3 is 30.4 Å². The van der Waals surface area contributed by atoms with Gasteiger partial charge in [0.05, 0.1) is 26.4 Å². The van der Waals surface area contributed by atoms with Crippen LogP contribution in [0.4, 0.5) is 43.9 Å². The first-order chi connectivity index (χ1) is 27.0. The maximum absolute atomic E-state index is 14.2. The number of ether oxygens (including phenoxy) is 7. The minimum atomic E-state index is -6.76. The predicted octanol–water partition coefficient (Wildman–Crippen LogP) is 7.25. The number of alkyl halides is 10. The normalized spacial score (nSPS) is 14.7. The molecule has 3 aromatic carbocycles. The minimum absolute atomic E-state index is 0.0936. The summed E-state index contributed by atoms with van der Waals surface area (Å²) in [5.74, 6) is -5.73. The molecule has 0 saturated heterocycles. The highest BCUT2D eigenvalue weighted by molar-refractivity contribution is 5.30. The molecule has 58 heavy (non-hydrogen) atoms. The smallest absolute Gasteiger partial charge is 0.453 e. The van der Waals surface area contributed by atoms with E-state index in [4.69, 9.17) is 14.2 Å². The van der Waals surface area contributed by atoms with Gasteiger partial charge < -0.3 is 44.1 Å². The van der Waals surface area contributed by atoms with Crippen LogP contribution in [-0.2, 0) is 48.2 Å². The molecule has 4 N–H and O–H groups in total. The number of hydrogen-bond acceptors (Lipinski definition) is 11. The maximum atomic E-state index is 14.2. The Hall–Kier alpha value is -3.80. The molecule has 0 aliphatic rings. The summed E-state index contributed by atoms with van der Waals surface area (Å²) in [6.07, 6.45) is -28.4. The number of hydrogen-bond donors (Lipinski definition) is 4. The average Bonchev–Trinajstić information content (AvgIpc) is 3.13. The first-order valence-electron chi connectivity index (χ1n) is 17.3. The molecule has 21 heteroatoms. The van der Waals surface area contributed by atoms with Gasteiger partial charge in [-0.1, -0.05) is 54.1 Å². The van der Waals surface area contributed by atoms with Crippen molar-refractivity contribution in [2.75, 3.05) is 26.4 Å². The molecule has 0 amide bonds. The van der Waals surface area contributed by atoms with E-state index in [1.165, 1.54) is 48.5 Å². The van der Waals surface area contributed by atoms with Crippen LogP contribution < -0.4 is 4.74 Å². The van der Waals surface area contributed by atoms with Crippen molar-refractivity contribution in [1.29, 1.82) is 0 Å². The zero-order valence-corrected chi connectivity index (χ0v) is 30.7. The molecule has 0 aromatic heterocycles. The van der Waals surface area contributed by atoms with Crippen molar-refractivity contribution in [2.45, 2.75) is 95.0 Å². The summed E-state index contributed by atoms with van der Waals surface area (Å²) in [6.45, 7) is -5.06. The molecule has 3 unspecified atom stereocenters. The second kappa shape index (κ2) is 21.5. The third kappa shape index (κ3) is 16.5. The fourth-order valence-corrected chi connectivity index (χ4v) is 4.48. The van der Waals surface area contributed by atoms with Crippen LogP contribution in [0.25, 0.3) is 0 Å². The fourth-order valence-electron chi connectivity index (χ4n) is 4.48. The topological polar surface area (TPSA) is 146 Å². The Kier molecular flexibility index (Phi) is 18.0. The van der Waals surface area contributed by atoms with Crippen molar-refractivity contribution in [2.24, 2.45) is 0 Å². The number of rotatable bonds is 27. The molecular formula is C37H42F10O11. The van der Waals surface area contributed by atoms with E-state index in [0.29, 0.717) is 12.0 Å². The highest BCUT2D eigenvalue weighted by Crippen LogP contribution is 2.47. The molecule has 0 radical (unpaired) electrons. The van der Waals surface area contributed by atoms with Crippen molar-refractivity contribution in [1.82, 2.24) is 0 Å². The summed E-state index contributed by atoms with van der Waals surface area (Å²) >= 11 is 0. The van der Waals surface area contributed by atoms with Crippen molar-refractivity contribution >= 4 is 0 Å². The van der Waals surface area contributed by atoms with Crippen LogP contribution in [0.3, 0.4) is 0 Å². The van der Waals surface area contributed by atoms with Gasteiger partial charge in [0, 0.05) is 0 Å². The summed E-state index contributed by atoms with van der Waals surface area (Å²) in [5.41, 5.74) is 2.51. The van der Waals surface area contributed by atoms with Gasteiger partial charge in [-0.05, 0) is 67.1 Å². The van der Waals surface area contributed by atoms with Gasteiger partial charge in [-0.25, -0.2) is 9.47 Å². The van der Waals surface area contributed by atoms with Gasteiger partial charge in [-0.2, -0.15) is 43.9 Å². The Morgan fingerprint density at radius 3 is 1.57 bits per heavy atom. The van der Waals surface area contributed by atoms with Gasteiger partial charge in [0.1, 0.15) is 37.4 Å². The number of aliphatic hydroxyl groups excluding tert-OH is 3. The van der Waals surface area contributed by atoms with E-state index < -0.39 is 82.1 Å². The number of benzene rings is 3. The number of aryl methyl sites for hydroxylation is 1. The standard InChI is InChI=1S/C37H42F10O11/c1-24-5-7-26(8-6-24)18-55-31(50)3-2-4-32(51)56-19-27-11-9-25(10-12-27)17-52-22-33(38,39)35(42,43)58-37(46,47)36(44,45)57-34(40,41)23-53-20-29(49)21-54-30-15-13-28(48)14-16-30/h5-16,29,31-32,48-51H,2-4,17-23H2,1H3. The number of phenols is 1. The Labute approximate surface area is 325 Å². The molecular weight excluding hydrogens is 810 g/mol. The average molecular weight is 853 g/mol. The zero-order chi connectivity index (χ0) is 43.2. The molecule has 0 aliphatic carbocycles. The summed E-state index contributed by atoms with van der Waals surface area (Å²) in [5, 5.41) is 39.0. The van der Waals surface area contributed by atoms with Crippen molar-refractivity contribution in [3.05, 3.63) is 95.1 Å². The Bertz CT molecular complexity index is 1630. The van der Waals surface area contributed by atoms with Gasteiger partial charge in [-0.3, -0.25) is 0 Å². The SMILES string of the molecule is Cc1ccc(COC(O)CCCC(O)OCc2ccc(COCC(F)(F)C(F)(F)OC(F)(F)C(F)(F)OC(F)(F)COCC(O)COc3ccc(O)cc3)cc2)cc1. The number of phenolic OH excluding ortho intramolecular Hbond substituents is 1. The summed E-state index contributed by atoms with van der Waals surface area (Å²) in [6, 6.07) is 17.8. The van der Waals surface area contributed by atoms with E-state index in [1.54, 1.807) is 0 Å². The molecule has 3 rings (SSSR count). The Morgan fingerprint density at radius 1 is 0.552 bits per heavy atom. The van der Waals surface area contributed by atoms with E-state index in [-0.39, 0.29) is 43.1 Å². The van der Waals surface area contributed by atoms with Crippen LogP contribution in [0.15, 0.2) is 72.8 Å². The van der Waals surface area contributed by atoms with Gasteiger partial charge in [0.2, 0.25) is 0 Å². The second-order valence-electron chi connectivity index (χ2n) is 12.8. The minimum Gasteiger partial charge on any atom is -0.508 e. The summed E-state index contributed by atoms with van der Waals surface area (Å²) in [7, 11) is 0. The Balaban J connectivity index is 1.37. The zero-order valence-electron chi connectivity index (χ0n) is 30.7. The lowest BCUT2D eigenvalue weighted by Crippen LogP contribution is -2.57.